The van der Waals surface area contributed by atoms with Crippen LogP contribution in [0.1, 0.15) is 33.1 Å². The van der Waals surface area contributed by atoms with Crippen molar-refractivity contribution in [2.75, 3.05) is 6.61 Å². The molecule has 4 radical (unpaired) electrons. The third kappa shape index (κ3) is 8.34. The van der Waals surface area contributed by atoms with Gasteiger partial charge in [-0.3, -0.25) is 0 Å². The average Bonchev–Trinajstić information content (AvgIpc) is 1.85. The van der Waals surface area contributed by atoms with Crippen molar-refractivity contribution in [1.29, 1.82) is 0 Å². The van der Waals surface area contributed by atoms with Crippen LogP contribution >= 0.6 is 0 Å². The molecule has 0 saturated heterocycles. The van der Waals surface area contributed by atoms with Gasteiger partial charge in [0.1, 0.15) is 0 Å². The van der Waals surface area contributed by atoms with Crippen LogP contribution in [0.4, 0.5) is 0 Å². The van der Waals surface area contributed by atoms with E-state index in [2.05, 4.69) is 13.5 Å². The van der Waals surface area contributed by atoms with Crippen LogP contribution in [0.5, 0.6) is 0 Å². The number of unbranched alkanes of at least 4 members (excludes halogenated alkanes) is 1. The minimum Gasteiger partial charge on any atom is -0.499 e. The summed E-state index contributed by atoms with van der Waals surface area (Å²) in [6.07, 6.45) is 3.43. The van der Waals surface area contributed by atoms with Gasteiger partial charge in [-0.05, 0) is 13.3 Å². The molecular weight excluding hydrogens is 231 g/mol. The van der Waals surface area contributed by atoms with E-state index in [0.717, 1.165) is 18.8 Å². The molecule has 0 fully saturated rings. The zero-order valence-corrected chi connectivity index (χ0v) is 9.80. The Morgan fingerprint density at radius 3 is 2.40 bits per heavy atom. The Labute approximate surface area is 80.8 Å². The molecule has 58 valence electrons. The van der Waals surface area contributed by atoms with Gasteiger partial charge < -0.3 is 4.74 Å². The van der Waals surface area contributed by atoms with Gasteiger partial charge in [0.05, 0.1) is 12.4 Å². The van der Waals surface area contributed by atoms with Gasteiger partial charge in [-0.1, -0.05) is 19.9 Å². The molecule has 0 aromatic heterocycles. The van der Waals surface area contributed by atoms with Crippen LogP contribution in [0.25, 0.3) is 0 Å². The van der Waals surface area contributed by atoms with Crippen molar-refractivity contribution in [3.8, 4) is 0 Å². The normalized spacial score (nSPS) is 8.20. The Bertz CT molecular complexity index is 81.3. The predicted molar refractivity (Wildman–Crippen MR) is 46.0 cm³/mol. The van der Waals surface area contributed by atoms with Gasteiger partial charge in [0.15, 0.2) is 0 Å². The van der Waals surface area contributed by atoms with Crippen molar-refractivity contribution in [1.82, 2.24) is 0 Å². The fourth-order valence-corrected chi connectivity index (χ4v) is 0.650. The first-order chi connectivity index (χ1) is 4.31. The van der Waals surface area contributed by atoms with Crippen molar-refractivity contribution in [3.05, 3.63) is 12.3 Å². The maximum atomic E-state index is 5.15. The molecule has 0 bridgehead atoms. The Morgan fingerprint density at radius 2 is 2.00 bits per heavy atom. The van der Waals surface area contributed by atoms with Crippen molar-refractivity contribution in [2.45, 2.75) is 33.1 Å². The minimum atomic E-state index is 0. The van der Waals surface area contributed by atoms with Gasteiger partial charge in [-0.15, -0.1) is 0 Å². The van der Waals surface area contributed by atoms with Gasteiger partial charge in [-0.25, -0.2) is 0 Å². The summed E-state index contributed by atoms with van der Waals surface area (Å²) in [7, 11) is 0. The summed E-state index contributed by atoms with van der Waals surface area (Å²) in [6.45, 7) is 8.66. The third-order valence-electron chi connectivity index (χ3n) is 1.16. The van der Waals surface area contributed by atoms with E-state index in [9.17, 15) is 0 Å². The zero-order chi connectivity index (χ0) is 7.11. The summed E-state index contributed by atoms with van der Waals surface area (Å²) in [5, 5.41) is 0. The number of hydrogen-bond donors (Lipinski definition) is 0. The Morgan fingerprint density at radius 1 is 1.40 bits per heavy atom. The van der Waals surface area contributed by atoms with Gasteiger partial charge in [0, 0.05) is 30.3 Å². The maximum absolute atomic E-state index is 5.15. The molecule has 0 heterocycles. The smallest absolute Gasteiger partial charge is 0.0888 e. The number of allylic oxidation sites excluding steroid dienone is 1. The fraction of sp³-hybridized carbons (Fsp3) is 0.750. The van der Waals surface area contributed by atoms with Crippen LogP contribution in [0.3, 0.4) is 0 Å². The van der Waals surface area contributed by atoms with Crippen LogP contribution in [0.15, 0.2) is 12.3 Å². The Kier molecular flexibility index (Phi) is 12.1. The quantitative estimate of drug-likeness (QED) is 0.535. The largest absolute Gasteiger partial charge is 0.499 e. The molecule has 0 atom stereocenters. The van der Waals surface area contributed by atoms with Gasteiger partial charge in [-0.2, -0.15) is 0 Å². The van der Waals surface area contributed by atoms with Crippen molar-refractivity contribution >= 4 is 23.9 Å². The molecule has 0 unspecified atom stereocenters. The van der Waals surface area contributed by atoms with Crippen LogP contribution < -0.4 is 0 Å². The van der Waals surface area contributed by atoms with E-state index in [1.54, 1.807) is 0 Å². The standard InChI is InChI=1S/C8H16O.Sn/c1-4-6-7-8(3)9-5-2;/h3-7H2,1-2H3;. The molecule has 0 aromatic rings. The van der Waals surface area contributed by atoms with E-state index in [1.807, 2.05) is 6.92 Å². The molecule has 0 amide bonds. The summed E-state index contributed by atoms with van der Waals surface area (Å²) >= 11 is 0. The predicted octanol–water partition coefficient (Wildman–Crippen LogP) is 2.35. The molecule has 0 rings (SSSR count). The number of rotatable bonds is 5. The first-order valence-electron chi connectivity index (χ1n) is 3.61. The van der Waals surface area contributed by atoms with E-state index in [-0.39, 0.29) is 23.9 Å². The van der Waals surface area contributed by atoms with E-state index in [0.29, 0.717) is 0 Å². The van der Waals surface area contributed by atoms with Gasteiger partial charge in [0.25, 0.3) is 0 Å². The fourth-order valence-electron chi connectivity index (χ4n) is 0.650. The summed E-state index contributed by atoms with van der Waals surface area (Å²) in [6, 6.07) is 0. The molecule has 0 N–H and O–H groups in total. The van der Waals surface area contributed by atoms with E-state index < -0.39 is 0 Å². The summed E-state index contributed by atoms with van der Waals surface area (Å²) < 4.78 is 5.15. The Balaban J connectivity index is 0. The van der Waals surface area contributed by atoms with Gasteiger partial charge in [0.2, 0.25) is 0 Å². The van der Waals surface area contributed by atoms with Crippen LogP contribution in [-0.4, -0.2) is 30.5 Å². The second-order valence-corrected chi connectivity index (χ2v) is 2.08. The average molecular weight is 247 g/mol. The second kappa shape index (κ2) is 9.34. The monoisotopic (exact) mass is 248 g/mol. The summed E-state index contributed by atoms with van der Waals surface area (Å²) in [4.78, 5) is 0. The zero-order valence-electron chi connectivity index (χ0n) is 6.94. The van der Waals surface area contributed by atoms with Crippen LogP contribution in [0, 0.1) is 0 Å². The molecule has 1 nitrogen and oxygen atoms in total. The summed E-state index contributed by atoms with van der Waals surface area (Å²) in [5.41, 5.74) is 0. The second-order valence-electron chi connectivity index (χ2n) is 2.08. The molecule has 2 heteroatoms. The molecule has 0 saturated carbocycles. The number of hydrogen-bond acceptors (Lipinski definition) is 1. The van der Waals surface area contributed by atoms with E-state index >= 15 is 0 Å². The maximum Gasteiger partial charge on any atom is 0.0888 e. The Hall–Kier alpha value is 0.339. The van der Waals surface area contributed by atoms with Crippen molar-refractivity contribution < 1.29 is 4.74 Å². The molecule has 0 aliphatic heterocycles. The first kappa shape index (κ1) is 13.0. The van der Waals surface area contributed by atoms with E-state index in [1.165, 1.54) is 12.8 Å². The van der Waals surface area contributed by atoms with Crippen molar-refractivity contribution in [2.24, 2.45) is 0 Å². The topological polar surface area (TPSA) is 9.23 Å². The molecule has 0 spiro atoms. The number of ether oxygens (including phenoxy) is 1. The molecular formula is C8H16OSn. The molecule has 0 aromatic carbocycles. The molecule has 0 aliphatic carbocycles. The first-order valence-corrected chi connectivity index (χ1v) is 3.61. The van der Waals surface area contributed by atoms with Crippen LogP contribution in [0.2, 0.25) is 0 Å². The third-order valence-corrected chi connectivity index (χ3v) is 1.16. The minimum absolute atomic E-state index is 0. The van der Waals surface area contributed by atoms with Crippen molar-refractivity contribution in [3.63, 3.8) is 0 Å². The SMILES string of the molecule is C=C(CCCC)OCC.[Sn]. The molecule has 0 aliphatic rings. The van der Waals surface area contributed by atoms with Crippen LogP contribution in [-0.2, 0) is 4.74 Å². The van der Waals surface area contributed by atoms with E-state index in [4.69, 9.17) is 4.74 Å². The van der Waals surface area contributed by atoms with Gasteiger partial charge >= 0.3 is 0 Å². The summed E-state index contributed by atoms with van der Waals surface area (Å²) in [5.74, 6) is 0.930. The molecule has 10 heavy (non-hydrogen) atoms.